The van der Waals surface area contributed by atoms with Crippen LogP contribution in [0.3, 0.4) is 0 Å². The Bertz CT molecular complexity index is 437. The molecule has 0 bridgehead atoms. The van der Waals surface area contributed by atoms with Crippen LogP contribution in [0.5, 0.6) is 0 Å². The van der Waals surface area contributed by atoms with Crippen LogP contribution in [-0.2, 0) is 6.42 Å². The molecule has 15 heavy (non-hydrogen) atoms. The van der Waals surface area contributed by atoms with Crippen LogP contribution in [0.1, 0.15) is 36.3 Å². The summed E-state index contributed by atoms with van der Waals surface area (Å²) in [7, 11) is 0. The first-order valence-electron chi connectivity index (χ1n) is 5.37. The highest BCUT2D eigenvalue weighted by atomic mass is 79.9. The number of thiocarbonyl (C=S) groups is 1. The number of hydrogen-bond donors (Lipinski definition) is 1. The lowest BCUT2D eigenvalue weighted by molar-refractivity contribution is 0.965. The third-order valence-electron chi connectivity index (χ3n) is 3.17. The highest BCUT2D eigenvalue weighted by Crippen LogP contribution is 2.47. The molecule has 0 aromatic heterocycles. The average molecular weight is 282 g/mol. The molecule has 1 saturated carbocycles. The molecule has 2 aliphatic rings. The van der Waals surface area contributed by atoms with E-state index in [4.69, 9.17) is 12.2 Å². The van der Waals surface area contributed by atoms with Gasteiger partial charge in [-0.1, -0.05) is 28.1 Å². The van der Waals surface area contributed by atoms with Crippen molar-refractivity contribution in [2.24, 2.45) is 0 Å². The van der Waals surface area contributed by atoms with Gasteiger partial charge in [-0.25, -0.2) is 0 Å². The molecule has 1 heterocycles. The zero-order valence-corrected chi connectivity index (χ0v) is 10.7. The third-order valence-corrected chi connectivity index (χ3v) is 4.16. The van der Waals surface area contributed by atoms with Crippen LogP contribution in [-0.4, -0.2) is 4.99 Å². The van der Waals surface area contributed by atoms with Crippen molar-refractivity contribution in [3.8, 4) is 0 Å². The van der Waals surface area contributed by atoms with Crippen LogP contribution in [0, 0.1) is 0 Å². The lowest BCUT2D eigenvalue weighted by Crippen LogP contribution is -2.18. The van der Waals surface area contributed by atoms with Crippen LogP contribution in [0.25, 0.3) is 0 Å². The SMILES string of the molecule is S=C1CCc2c(ccc(Br)c2C2CC2)N1. The van der Waals surface area contributed by atoms with E-state index in [1.807, 2.05) is 0 Å². The van der Waals surface area contributed by atoms with E-state index < -0.39 is 0 Å². The van der Waals surface area contributed by atoms with Gasteiger partial charge in [0, 0.05) is 16.6 Å². The van der Waals surface area contributed by atoms with Gasteiger partial charge in [-0.2, -0.15) is 0 Å². The standard InChI is InChI=1S/C12H12BrNS/c13-9-4-5-10-8(3-6-11(15)14-10)12(9)7-1-2-7/h4-5,7H,1-3,6H2,(H,14,15). The van der Waals surface area contributed by atoms with E-state index in [1.165, 1.54) is 34.1 Å². The summed E-state index contributed by atoms with van der Waals surface area (Å²) in [6, 6.07) is 4.28. The number of fused-ring (bicyclic) bond motifs is 1. The summed E-state index contributed by atoms with van der Waals surface area (Å²) < 4.78 is 1.28. The highest BCUT2D eigenvalue weighted by Gasteiger charge is 2.30. The molecule has 1 aromatic carbocycles. The summed E-state index contributed by atoms with van der Waals surface area (Å²) in [5.41, 5.74) is 4.25. The third kappa shape index (κ3) is 1.72. The number of nitrogens with one attached hydrogen (secondary N) is 1. The Morgan fingerprint density at radius 1 is 1.27 bits per heavy atom. The lowest BCUT2D eigenvalue weighted by Gasteiger charge is -2.22. The van der Waals surface area contributed by atoms with Gasteiger partial charge >= 0.3 is 0 Å². The Morgan fingerprint density at radius 3 is 2.80 bits per heavy atom. The minimum Gasteiger partial charge on any atom is -0.350 e. The minimum absolute atomic E-state index is 0.794. The van der Waals surface area contributed by atoms with E-state index >= 15 is 0 Å². The van der Waals surface area contributed by atoms with Crippen LogP contribution in [0.15, 0.2) is 16.6 Å². The average Bonchev–Trinajstić information content (AvgIpc) is 3.02. The van der Waals surface area contributed by atoms with Crippen LogP contribution >= 0.6 is 28.1 Å². The molecule has 3 rings (SSSR count). The van der Waals surface area contributed by atoms with Crippen molar-refractivity contribution in [1.29, 1.82) is 0 Å². The van der Waals surface area contributed by atoms with Gasteiger partial charge in [-0.3, -0.25) is 0 Å². The van der Waals surface area contributed by atoms with Gasteiger partial charge in [0.25, 0.3) is 0 Å². The zero-order valence-electron chi connectivity index (χ0n) is 8.35. The van der Waals surface area contributed by atoms with Gasteiger partial charge in [0.1, 0.15) is 0 Å². The fraction of sp³-hybridized carbons (Fsp3) is 0.417. The van der Waals surface area contributed by atoms with Crippen molar-refractivity contribution in [1.82, 2.24) is 0 Å². The van der Waals surface area contributed by atoms with Crippen molar-refractivity contribution < 1.29 is 0 Å². The lowest BCUT2D eigenvalue weighted by atomic mass is 9.95. The Kier molecular flexibility index (Phi) is 2.33. The smallest absolute Gasteiger partial charge is 0.0800 e. The summed E-state index contributed by atoms with van der Waals surface area (Å²) in [6.45, 7) is 0. The molecule has 78 valence electrons. The van der Waals surface area contributed by atoms with Gasteiger partial charge in [-0.15, -0.1) is 0 Å². The topological polar surface area (TPSA) is 12.0 Å². The van der Waals surface area contributed by atoms with E-state index in [1.54, 1.807) is 0 Å². The molecule has 0 amide bonds. The predicted octanol–water partition coefficient (Wildman–Crippen LogP) is 4.01. The molecule has 1 aliphatic heterocycles. The Morgan fingerprint density at radius 2 is 2.07 bits per heavy atom. The monoisotopic (exact) mass is 281 g/mol. The van der Waals surface area contributed by atoms with Gasteiger partial charge < -0.3 is 5.32 Å². The number of halogens is 1. The minimum atomic E-state index is 0.794. The van der Waals surface area contributed by atoms with Crippen LogP contribution in [0.2, 0.25) is 0 Å². The number of hydrogen-bond acceptors (Lipinski definition) is 1. The van der Waals surface area contributed by atoms with Gasteiger partial charge in [0.05, 0.1) is 4.99 Å². The molecule has 0 saturated heterocycles. The van der Waals surface area contributed by atoms with E-state index in [-0.39, 0.29) is 0 Å². The predicted molar refractivity (Wildman–Crippen MR) is 70.7 cm³/mol. The van der Waals surface area contributed by atoms with Crippen molar-refractivity contribution in [2.45, 2.75) is 31.6 Å². The summed E-state index contributed by atoms with van der Waals surface area (Å²) in [5, 5.41) is 3.32. The molecule has 0 atom stereocenters. The first-order valence-corrected chi connectivity index (χ1v) is 6.57. The van der Waals surface area contributed by atoms with Crippen molar-refractivity contribution >= 4 is 38.8 Å². The largest absolute Gasteiger partial charge is 0.350 e. The molecule has 1 N–H and O–H groups in total. The van der Waals surface area contributed by atoms with Crippen molar-refractivity contribution in [3.05, 3.63) is 27.7 Å². The molecule has 0 spiro atoms. The number of anilines is 1. The second-order valence-corrected chi connectivity index (χ2v) is 5.66. The maximum absolute atomic E-state index is 5.22. The maximum Gasteiger partial charge on any atom is 0.0800 e. The fourth-order valence-electron chi connectivity index (χ4n) is 2.29. The van der Waals surface area contributed by atoms with Crippen molar-refractivity contribution in [3.63, 3.8) is 0 Å². The Hall–Kier alpha value is -0.410. The molecule has 1 aromatic rings. The molecule has 1 nitrogen and oxygen atoms in total. The van der Waals surface area contributed by atoms with Crippen LogP contribution in [0.4, 0.5) is 5.69 Å². The van der Waals surface area contributed by atoms with E-state index in [0.717, 1.165) is 23.7 Å². The molecule has 1 aliphatic carbocycles. The van der Waals surface area contributed by atoms with E-state index in [2.05, 4.69) is 33.4 Å². The number of benzene rings is 1. The van der Waals surface area contributed by atoms with Gasteiger partial charge in [0.2, 0.25) is 0 Å². The molecular formula is C12H12BrNS. The maximum atomic E-state index is 5.22. The zero-order chi connectivity index (χ0) is 10.4. The second kappa shape index (κ2) is 3.56. The summed E-state index contributed by atoms with van der Waals surface area (Å²) in [5.74, 6) is 0.794. The van der Waals surface area contributed by atoms with Crippen LogP contribution < -0.4 is 5.32 Å². The summed E-state index contributed by atoms with van der Waals surface area (Å²) >= 11 is 8.89. The highest BCUT2D eigenvalue weighted by molar-refractivity contribution is 9.10. The molecule has 3 heteroatoms. The summed E-state index contributed by atoms with van der Waals surface area (Å²) in [6.07, 6.45) is 4.80. The molecule has 0 radical (unpaired) electrons. The Labute approximate surface area is 103 Å². The molecule has 0 unspecified atom stereocenters. The number of rotatable bonds is 1. The van der Waals surface area contributed by atoms with Crippen molar-refractivity contribution in [2.75, 3.05) is 5.32 Å². The fourth-order valence-corrected chi connectivity index (χ4v) is 3.19. The first kappa shape index (κ1) is 9.79. The quantitative estimate of drug-likeness (QED) is 0.781. The molecular weight excluding hydrogens is 270 g/mol. The second-order valence-electron chi connectivity index (χ2n) is 4.31. The van der Waals surface area contributed by atoms with E-state index in [9.17, 15) is 0 Å². The summed E-state index contributed by atoms with van der Waals surface area (Å²) in [4.78, 5) is 0.978. The Balaban J connectivity index is 2.12. The molecule has 1 fully saturated rings. The first-order chi connectivity index (χ1) is 7.25. The normalized spacial score (nSPS) is 19.7. The van der Waals surface area contributed by atoms with E-state index in [0.29, 0.717) is 0 Å². The van der Waals surface area contributed by atoms with Gasteiger partial charge in [0.15, 0.2) is 0 Å². The van der Waals surface area contributed by atoms with Gasteiger partial charge in [-0.05, 0) is 48.4 Å².